The molecule has 3 atom stereocenters. The number of nitrogens with zero attached hydrogens (tertiary/aromatic N) is 2. The van der Waals surface area contributed by atoms with E-state index in [0.717, 1.165) is 57.6 Å². The predicted octanol–water partition coefficient (Wildman–Crippen LogP) is -0.160. The number of rotatable bonds is 6. The molecule has 2 rings (SSSR count). The van der Waals surface area contributed by atoms with Crippen molar-refractivity contribution in [3.63, 3.8) is 0 Å². The molecule has 0 bridgehead atoms. The summed E-state index contributed by atoms with van der Waals surface area (Å²) in [6.45, 7) is 9.36. The van der Waals surface area contributed by atoms with Crippen molar-refractivity contribution in [3.8, 4) is 0 Å². The van der Waals surface area contributed by atoms with Gasteiger partial charge in [-0.1, -0.05) is 6.92 Å². The van der Waals surface area contributed by atoms with Crippen molar-refractivity contribution in [2.24, 2.45) is 11.8 Å². The molecule has 0 amide bonds. The van der Waals surface area contributed by atoms with Gasteiger partial charge in [-0.3, -0.25) is 4.90 Å². The molecule has 1 aliphatic carbocycles. The van der Waals surface area contributed by atoms with Crippen molar-refractivity contribution in [1.29, 1.82) is 0 Å². The number of piperazine rings is 1. The van der Waals surface area contributed by atoms with Gasteiger partial charge in [0.15, 0.2) is 0 Å². The molecule has 0 aromatic rings. The minimum atomic E-state index is -0.202. The van der Waals surface area contributed by atoms with E-state index in [1.54, 1.807) is 0 Å². The first-order chi connectivity index (χ1) is 8.15. The van der Waals surface area contributed by atoms with Gasteiger partial charge in [0.1, 0.15) is 0 Å². The fourth-order valence-corrected chi connectivity index (χ4v) is 2.74. The zero-order valence-electron chi connectivity index (χ0n) is 11.2. The van der Waals surface area contributed by atoms with Crippen molar-refractivity contribution in [2.75, 3.05) is 52.9 Å². The summed E-state index contributed by atoms with van der Waals surface area (Å²) in [7, 11) is 2.13. The van der Waals surface area contributed by atoms with Gasteiger partial charge in [-0.05, 0) is 25.3 Å². The highest BCUT2D eigenvalue weighted by Gasteiger charge is 2.33. The molecule has 2 fully saturated rings. The van der Waals surface area contributed by atoms with Gasteiger partial charge in [0.25, 0.3) is 0 Å². The average Bonchev–Trinajstić information content (AvgIpc) is 2.94. The maximum absolute atomic E-state index is 10.1. The van der Waals surface area contributed by atoms with Crippen molar-refractivity contribution >= 4 is 0 Å². The van der Waals surface area contributed by atoms with Crippen LogP contribution < -0.4 is 5.32 Å². The van der Waals surface area contributed by atoms with Crippen molar-refractivity contribution in [3.05, 3.63) is 0 Å². The highest BCUT2D eigenvalue weighted by molar-refractivity contribution is 4.85. The molecule has 1 saturated carbocycles. The Labute approximate surface area is 105 Å². The van der Waals surface area contributed by atoms with E-state index in [1.165, 1.54) is 6.42 Å². The molecule has 4 nitrogen and oxygen atoms in total. The first-order valence-electron chi connectivity index (χ1n) is 6.95. The van der Waals surface area contributed by atoms with Gasteiger partial charge < -0.3 is 15.3 Å². The van der Waals surface area contributed by atoms with Crippen molar-refractivity contribution in [1.82, 2.24) is 15.1 Å². The molecule has 4 heteroatoms. The van der Waals surface area contributed by atoms with Crippen molar-refractivity contribution in [2.45, 2.75) is 19.4 Å². The fraction of sp³-hybridized carbons (Fsp3) is 1.00. The molecule has 3 unspecified atom stereocenters. The average molecular weight is 241 g/mol. The maximum atomic E-state index is 10.1. The van der Waals surface area contributed by atoms with Gasteiger partial charge in [-0.15, -0.1) is 0 Å². The number of aliphatic hydroxyl groups excluding tert-OH is 1. The molecule has 2 aliphatic rings. The van der Waals surface area contributed by atoms with E-state index in [2.05, 4.69) is 29.1 Å². The molecule has 100 valence electrons. The zero-order chi connectivity index (χ0) is 12.3. The van der Waals surface area contributed by atoms with Gasteiger partial charge >= 0.3 is 0 Å². The Hall–Kier alpha value is -0.160. The van der Waals surface area contributed by atoms with Crippen LogP contribution in [0.2, 0.25) is 0 Å². The van der Waals surface area contributed by atoms with Crippen LogP contribution in [0, 0.1) is 11.8 Å². The first-order valence-corrected chi connectivity index (χ1v) is 6.95. The van der Waals surface area contributed by atoms with Gasteiger partial charge in [-0.2, -0.15) is 0 Å². The van der Waals surface area contributed by atoms with E-state index in [4.69, 9.17) is 0 Å². The summed E-state index contributed by atoms with van der Waals surface area (Å²) in [6.07, 6.45) is 1.17. The summed E-state index contributed by atoms with van der Waals surface area (Å²) >= 11 is 0. The van der Waals surface area contributed by atoms with E-state index >= 15 is 0 Å². The van der Waals surface area contributed by atoms with Crippen LogP contribution >= 0.6 is 0 Å². The number of β-amino-alcohol motifs (C(OH)–C–C–N with tert-alkyl or cyclic N) is 1. The lowest BCUT2D eigenvalue weighted by molar-refractivity contribution is 0.0755. The molecular weight excluding hydrogens is 214 g/mol. The summed E-state index contributed by atoms with van der Waals surface area (Å²) < 4.78 is 0. The molecule has 0 aromatic carbocycles. The molecular formula is C13H27N3O. The minimum Gasteiger partial charge on any atom is -0.390 e. The smallest absolute Gasteiger partial charge is 0.0793 e. The molecule has 0 aromatic heterocycles. The summed E-state index contributed by atoms with van der Waals surface area (Å²) in [6, 6.07) is 0. The summed E-state index contributed by atoms with van der Waals surface area (Å²) in [5, 5.41) is 13.4. The number of hydrogen-bond donors (Lipinski definition) is 2. The van der Waals surface area contributed by atoms with Crippen LogP contribution in [0.25, 0.3) is 0 Å². The quantitative estimate of drug-likeness (QED) is 0.678. The standard InChI is InChI=1S/C13H27N3O/c1-11-7-12(11)8-15(2)9-13(17)10-16-5-3-14-4-6-16/h11-14,17H,3-10H2,1-2H3. The molecule has 17 heavy (non-hydrogen) atoms. The Kier molecular flexibility index (Phi) is 4.79. The lowest BCUT2D eigenvalue weighted by atomic mass is 10.2. The van der Waals surface area contributed by atoms with Crippen LogP contribution in [0.1, 0.15) is 13.3 Å². The first kappa shape index (κ1) is 13.3. The van der Waals surface area contributed by atoms with Crippen LogP contribution in [0.15, 0.2) is 0 Å². The molecule has 0 radical (unpaired) electrons. The lowest BCUT2D eigenvalue weighted by Crippen LogP contribution is -2.48. The SMILES string of the molecule is CC1CC1CN(C)CC(O)CN1CCNCC1. The number of hydrogen-bond acceptors (Lipinski definition) is 4. The number of likely N-dealkylation sites (N-methyl/N-ethyl adjacent to an activating group) is 1. The molecule has 1 saturated heterocycles. The van der Waals surface area contributed by atoms with Crippen LogP contribution in [0.3, 0.4) is 0 Å². The summed E-state index contributed by atoms with van der Waals surface area (Å²) in [5.74, 6) is 1.79. The van der Waals surface area contributed by atoms with Gasteiger partial charge in [0.2, 0.25) is 0 Å². The van der Waals surface area contributed by atoms with Crippen LogP contribution in [0.5, 0.6) is 0 Å². The van der Waals surface area contributed by atoms with Gasteiger partial charge in [0.05, 0.1) is 6.10 Å². The minimum absolute atomic E-state index is 0.202. The third-order valence-corrected chi connectivity index (χ3v) is 4.02. The molecule has 1 aliphatic heterocycles. The number of aliphatic hydroxyl groups is 1. The second kappa shape index (κ2) is 6.14. The Bertz CT molecular complexity index is 231. The maximum Gasteiger partial charge on any atom is 0.0793 e. The van der Waals surface area contributed by atoms with E-state index < -0.39 is 0 Å². The second-order valence-corrected chi connectivity index (χ2v) is 5.90. The van der Waals surface area contributed by atoms with Gasteiger partial charge in [-0.25, -0.2) is 0 Å². The lowest BCUT2D eigenvalue weighted by Gasteiger charge is -2.30. The monoisotopic (exact) mass is 241 g/mol. The molecule has 1 heterocycles. The van der Waals surface area contributed by atoms with Gasteiger partial charge in [0, 0.05) is 45.8 Å². The Morgan fingerprint density at radius 2 is 2.06 bits per heavy atom. The Morgan fingerprint density at radius 1 is 1.41 bits per heavy atom. The largest absolute Gasteiger partial charge is 0.390 e. The van der Waals surface area contributed by atoms with E-state index in [0.29, 0.717) is 0 Å². The number of nitrogens with one attached hydrogen (secondary N) is 1. The van der Waals surface area contributed by atoms with E-state index in [-0.39, 0.29) is 6.10 Å². The predicted molar refractivity (Wildman–Crippen MR) is 70.1 cm³/mol. The third kappa shape index (κ3) is 4.54. The molecule has 2 N–H and O–H groups in total. The zero-order valence-corrected chi connectivity index (χ0v) is 11.2. The normalized spacial score (nSPS) is 31.8. The third-order valence-electron chi connectivity index (χ3n) is 4.02. The van der Waals surface area contributed by atoms with Crippen LogP contribution in [-0.4, -0.2) is 73.9 Å². The molecule has 0 spiro atoms. The topological polar surface area (TPSA) is 38.7 Å². The fourth-order valence-electron chi connectivity index (χ4n) is 2.74. The Morgan fingerprint density at radius 3 is 2.65 bits per heavy atom. The highest BCUT2D eigenvalue weighted by Crippen LogP contribution is 2.37. The second-order valence-electron chi connectivity index (χ2n) is 5.90. The summed E-state index contributed by atoms with van der Waals surface area (Å²) in [5.41, 5.74) is 0. The highest BCUT2D eigenvalue weighted by atomic mass is 16.3. The van der Waals surface area contributed by atoms with E-state index in [9.17, 15) is 5.11 Å². The van der Waals surface area contributed by atoms with Crippen molar-refractivity contribution < 1.29 is 5.11 Å². The van der Waals surface area contributed by atoms with E-state index in [1.807, 2.05) is 0 Å². The van der Waals surface area contributed by atoms with Crippen LogP contribution in [-0.2, 0) is 0 Å². The Balaban J connectivity index is 1.60. The van der Waals surface area contributed by atoms with Crippen LogP contribution in [0.4, 0.5) is 0 Å². The summed E-state index contributed by atoms with van der Waals surface area (Å²) in [4.78, 5) is 4.65.